The van der Waals surface area contributed by atoms with Crippen molar-refractivity contribution in [2.45, 2.75) is 124 Å². The number of rotatable bonds is 8. The molecule has 4 rings (SSSR count). The Kier molecular flexibility index (Phi) is 8.28. The number of allylic oxidation sites excluding steroid dienone is 2. The van der Waals surface area contributed by atoms with Crippen LogP contribution in [0.3, 0.4) is 0 Å². The molecule has 0 bridgehead atoms. The molecule has 212 valence electrons. The third-order valence-corrected chi connectivity index (χ3v) is 12.8. The Morgan fingerprint density at radius 3 is 2.24 bits per heavy atom. The molecule has 0 aromatic carbocycles. The van der Waals surface area contributed by atoms with Crippen LogP contribution in [-0.2, 0) is 18.4 Å². The molecule has 9 atom stereocenters. The molecule has 0 saturated heterocycles. The maximum Gasteiger partial charge on any atom is 0.305 e. The van der Waals surface area contributed by atoms with E-state index in [2.05, 4.69) is 66.1 Å². The largest absolute Gasteiger partial charge is 0.547 e. The smallest absolute Gasteiger partial charge is 0.305 e. The molecular formula is C31H56O4Si2. The highest BCUT2D eigenvalue weighted by atomic mass is 28.4. The number of methoxy groups -OCH3 is 1. The topological polar surface area (TPSA) is 44.8 Å². The van der Waals surface area contributed by atoms with E-state index in [0.717, 1.165) is 12.8 Å². The molecule has 6 heteroatoms. The third kappa shape index (κ3) is 5.96. The number of carbonyl (C=O) groups is 1. The highest BCUT2D eigenvalue weighted by Crippen LogP contribution is 2.68. The summed E-state index contributed by atoms with van der Waals surface area (Å²) in [6.07, 6.45) is 13.4. The molecule has 0 radical (unpaired) electrons. The molecule has 0 heterocycles. The Bertz CT molecular complexity index is 873. The van der Waals surface area contributed by atoms with Gasteiger partial charge in [0.2, 0.25) is 8.32 Å². The van der Waals surface area contributed by atoms with E-state index in [1.54, 1.807) is 0 Å². The minimum absolute atomic E-state index is 0.0658. The summed E-state index contributed by atoms with van der Waals surface area (Å²) in [6, 6.07) is 0. The van der Waals surface area contributed by atoms with Gasteiger partial charge >= 0.3 is 5.97 Å². The first kappa shape index (κ1) is 29.4. The lowest BCUT2D eigenvalue weighted by Gasteiger charge is -2.60. The first-order valence-electron chi connectivity index (χ1n) is 15.2. The van der Waals surface area contributed by atoms with Gasteiger partial charge in [-0.05, 0) is 137 Å². The highest BCUT2D eigenvalue weighted by molar-refractivity contribution is 6.70. The van der Waals surface area contributed by atoms with Gasteiger partial charge in [-0.3, -0.25) is 4.79 Å². The normalized spacial score (nSPS) is 40.6. The van der Waals surface area contributed by atoms with E-state index >= 15 is 0 Å². The van der Waals surface area contributed by atoms with Crippen LogP contribution in [0.1, 0.15) is 78.6 Å². The lowest BCUT2D eigenvalue weighted by atomic mass is 9.46. The van der Waals surface area contributed by atoms with Crippen LogP contribution < -0.4 is 0 Å². The summed E-state index contributed by atoms with van der Waals surface area (Å²) in [4.78, 5) is 11.9. The zero-order valence-electron chi connectivity index (χ0n) is 25.6. The predicted molar refractivity (Wildman–Crippen MR) is 157 cm³/mol. The summed E-state index contributed by atoms with van der Waals surface area (Å²) in [5, 5.41) is 0. The standard InChI is InChI=1S/C31H56O4Si2/c1-21(11-14-28(32)33-4)24-12-13-25-29-26(16-18-31(24,25)3)30(2)17-15-23(34-36(5,6)7)19-22(30)20-27(29)35-37(8,9)10/h20-26,29H,11-19H2,1-10H3/t21-,22?,23?,24?,25?,26?,29?,30+,31-/m1/s1. The summed E-state index contributed by atoms with van der Waals surface area (Å²) in [6.45, 7) is 21.7. The van der Waals surface area contributed by atoms with Crippen molar-refractivity contribution in [3.8, 4) is 0 Å². The number of esters is 1. The fourth-order valence-electron chi connectivity index (χ4n) is 9.32. The van der Waals surface area contributed by atoms with Gasteiger partial charge in [-0.1, -0.05) is 20.8 Å². The predicted octanol–water partition coefficient (Wildman–Crippen LogP) is 8.41. The van der Waals surface area contributed by atoms with Crippen LogP contribution in [0.4, 0.5) is 0 Å². The zero-order valence-corrected chi connectivity index (χ0v) is 27.6. The first-order chi connectivity index (χ1) is 17.1. The Hall–Kier alpha value is -0.596. The molecule has 4 nitrogen and oxygen atoms in total. The second kappa shape index (κ2) is 10.4. The van der Waals surface area contributed by atoms with Gasteiger partial charge in [0, 0.05) is 18.4 Å². The molecular weight excluding hydrogens is 493 g/mol. The molecule has 0 amide bonds. The Morgan fingerprint density at radius 2 is 1.62 bits per heavy atom. The summed E-state index contributed by atoms with van der Waals surface area (Å²) < 4.78 is 18.6. The van der Waals surface area contributed by atoms with Gasteiger partial charge in [0.05, 0.1) is 12.9 Å². The van der Waals surface area contributed by atoms with Gasteiger partial charge in [-0.25, -0.2) is 0 Å². The van der Waals surface area contributed by atoms with Crippen LogP contribution in [0, 0.1) is 46.3 Å². The quantitative estimate of drug-likeness (QED) is 0.226. The monoisotopic (exact) mass is 548 g/mol. The van der Waals surface area contributed by atoms with Gasteiger partial charge in [-0.15, -0.1) is 0 Å². The summed E-state index contributed by atoms with van der Waals surface area (Å²) in [7, 11) is -1.78. The SMILES string of the molecule is COC(=O)CC[C@@H](C)C1CCC2C3C(O[Si](C)(C)C)=CC4CC(O[Si](C)(C)C)CC[C@]4(C)C3CC[C@@]21C. The van der Waals surface area contributed by atoms with Crippen molar-refractivity contribution in [2.24, 2.45) is 46.3 Å². The van der Waals surface area contributed by atoms with E-state index < -0.39 is 16.6 Å². The van der Waals surface area contributed by atoms with Crippen LogP contribution in [-0.4, -0.2) is 35.8 Å². The molecule has 0 aromatic heterocycles. The second-order valence-corrected chi connectivity index (χ2v) is 24.5. The number of hydrogen-bond donors (Lipinski definition) is 0. The maximum atomic E-state index is 11.9. The van der Waals surface area contributed by atoms with E-state index in [-0.39, 0.29) is 5.97 Å². The minimum Gasteiger partial charge on any atom is -0.547 e. The van der Waals surface area contributed by atoms with E-state index in [1.807, 2.05) is 0 Å². The van der Waals surface area contributed by atoms with Gasteiger partial charge < -0.3 is 13.6 Å². The molecule has 6 unspecified atom stereocenters. The Balaban J connectivity index is 1.63. The lowest BCUT2D eigenvalue weighted by molar-refractivity contribution is -0.141. The number of fused-ring (bicyclic) bond motifs is 5. The molecule has 37 heavy (non-hydrogen) atoms. The molecule has 0 N–H and O–H groups in total. The number of hydrogen-bond acceptors (Lipinski definition) is 4. The van der Waals surface area contributed by atoms with Gasteiger partial charge in [0.25, 0.3) is 0 Å². The van der Waals surface area contributed by atoms with E-state index in [0.29, 0.717) is 58.9 Å². The van der Waals surface area contributed by atoms with Crippen molar-refractivity contribution in [2.75, 3.05) is 7.11 Å². The van der Waals surface area contributed by atoms with Crippen molar-refractivity contribution >= 4 is 22.6 Å². The summed E-state index contributed by atoms with van der Waals surface area (Å²) in [5.41, 5.74) is 0.687. The van der Waals surface area contributed by atoms with Crippen LogP contribution in [0.5, 0.6) is 0 Å². The average Bonchev–Trinajstić information content (AvgIpc) is 3.13. The van der Waals surface area contributed by atoms with Crippen LogP contribution >= 0.6 is 0 Å². The van der Waals surface area contributed by atoms with Crippen molar-refractivity contribution in [3.63, 3.8) is 0 Å². The molecule has 3 saturated carbocycles. The van der Waals surface area contributed by atoms with E-state index in [1.165, 1.54) is 51.4 Å². The average molecular weight is 549 g/mol. The van der Waals surface area contributed by atoms with Gasteiger partial charge in [0.1, 0.15) is 0 Å². The van der Waals surface area contributed by atoms with Gasteiger partial charge in [-0.2, -0.15) is 0 Å². The molecule has 0 aliphatic heterocycles. The molecule has 4 aliphatic carbocycles. The minimum atomic E-state index is -1.74. The zero-order chi connectivity index (χ0) is 27.4. The van der Waals surface area contributed by atoms with Crippen molar-refractivity contribution in [1.82, 2.24) is 0 Å². The second-order valence-electron chi connectivity index (χ2n) is 15.6. The highest BCUT2D eigenvalue weighted by Gasteiger charge is 2.62. The molecule has 0 spiro atoms. The first-order valence-corrected chi connectivity index (χ1v) is 22.0. The van der Waals surface area contributed by atoms with Gasteiger partial charge in [0.15, 0.2) is 8.32 Å². The number of carbonyl (C=O) groups excluding carboxylic acids is 1. The summed E-state index contributed by atoms with van der Waals surface area (Å²) >= 11 is 0. The Morgan fingerprint density at radius 1 is 0.973 bits per heavy atom. The number of ether oxygens (including phenoxy) is 1. The third-order valence-electron chi connectivity index (χ3n) is 10.9. The molecule has 0 aromatic rings. The summed E-state index contributed by atoms with van der Waals surface area (Å²) in [5.74, 6) is 5.05. The van der Waals surface area contributed by atoms with Crippen LogP contribution in [0.25, 0.3) is 0 Å². The Labute approximate surface area is 229 Å². The van der Waals surface area contributed by atoms with E-state index in [9.17, 15) is 4.79 Å². The lowest BCUT2D eigenvalue weighted by Crippen LogP contribution is -2.55. The molecule has 3 fully saturated rings. The van der Waals surface area contributed by atoms with Crippen molar-refractivity contribution in [1.29, 1.82) is 0 Å². The van der Waals surface area contributed by atoms with Crippen LogP contribution in [0.15, 0.2) is 11.8 Å². The fourth-order valence-corrected chi connectivity index (χ4v) is 11.4. The van der Waals surface area contributed by atoms with Crippen molar-refractivity contribution in [3.05, 3.63) is 11.8 Å². The van der Waals surface area contributed by atoms with Crippen molar-refractivity contribution < 1.29 is 18.4 Å². The maximum absolute atomic E-state index is 11.9. The molecule has 4 aliphatic rings. The fraction of sp³-hybridized carbons (Fsp3) is 0.903. The van der Waals surface area contributed by atoms with Crippen LogP contribution in [0.2, 0.25) is 39.3 Å². The van der Waals surface area contributed by atoms with E-state index in [4.69, 9.17) is 13.6 Å².